The molecule has 0 aliphatic rings. The fourth-order valence-corrected chi connectivity index (χ4v) is 1.25. The highest BCUT2D eigenvalue weighted by Gasteiger charge is 2.27. The van der Waals surface area contributed by atoms with Crippen LogP contribution in [0.15, 0.2) is 12.4 Å². The summed E-state index contributed by atoms with van der Waals surface area (Å²) >= 11 is 0. The maximum atomic E-state index is 13.0. The van der Waals surface area contributed by atoms with Crippen LogP contribution >= 0.6 is 0 Å². The molecule has 1 heterocycles. The SMILES string of the molecule is CCCc1nccn1CC(F)(F)CN. The zero-order valence-corrected chi connectivity index (χ0v) is 8.21. The van der Waals surface area contributed by atoms with Gasteiger partial charge in [-0.3, -0.25) is 0 Å². The quantitative estimate of drug-likeness (QED) is 0.786. The van der Waals surface area contributed by atoms with Crippen LogP contribution in [0.5, 0.6) is 0 Å². The van der Waals surface area contributed by atoms with Crippen LogP contribution in [0.2, 0.25) is 0 Å². The van der Waals surface area contributed by atoms with Gasteiger partial charge in [0, 0.05) is 18.8 Å². The topological polar surface area (TPSA) is 43.8 Å². The van der Waals surface area contributed by atoms with Crippen LogP contribution in [0.1, 0.15) is 19.2 Å². The molecule has 2 N–H and O–H groups in total. The minimum absolute atomic E-state index is 0.376. The van der Waals surface area contributed by atoms with Gasteiger partial charge in [0.25, 0.3) is 5.92 Å². The molecule has 0 spiro atoms. The first-order valence-electron chi connectivity index (χ1n) is 4.67. The van der Waals surface area contributed by atoms with Crippen LogP contribution in [-0.4, -0.2) is 22.0 Å². The summed E-state index contributed by atoms with van der Waals surface area (Å²) in [5, 5.41) is 0. The summed E-state index contributed by atoms with van der Waals surface area (Å²) in [5.74, 6) is -2.15. The van der Waals surface area contributed by atoms with E-state index in [-0.39, 0.29) is 6.54 Å². The summed E-state index contributed by atoms with van der Waals surface area (Å²) in [4.78, 5) is 4.01. The molecule has 80 valence electrons. The Morgan fingerprint density at radius 2 is 2.29 bits per heavy atom. The third kappa shape index (κ3) is 2.77. The number of nitrogens with two attached hydrogens (primary N) is 1. The van der Waals surface area contributed by atoms with E-state index in [1.165, 1.54) is 10.8 Å². The first-order valence-corrected chi connectivity index (χ1v) is 4.67. The third-order valence-corrected chi connectivity index (χ3v) is 1.98. The normalized spacial score (nSPS) is 12.0. The molecule has 14 heavy (non-hydrogen) atoms. The van der Waals surface area contributed by atoms with Crippen LogP contribution < -0.4 is 5.73 Å². The number of aryl methyl sites for hydroxylation is 1. The average Bonchev–Trinajstić information content (AvgIpc) is 2.53. The smallest absolute Gasteiger partial charge is 0.277 e. The molecule has 0 aliphatic heterocycles. The Labute approximate surface area is 81.9 Å². The van der Waals surface area contributed by atoms with E-state index >= 15 is 0 Å². The monoisotopic (exact) mass is 203 g/mol. The minimum atomic E-state index is -2.84. The molecule has 0 amide bonds. The van der Waals surface area contributed by atoms with Crippen LogP contribution in [0.3, 0.4) is 0 Å². The zero-order chi connectivity index (χ0) is 10.6. The second-order valence-corrected chi connectivity index (χ2v) is 3.28. The molecule has 5 heteroatoms. The van der Waals surface area contributed by atoms with E-state index < -0.39 is 12.5 Å². The lowest BCUT2D eigenvalue weighted by molar-refractivity contribution is -0.00735. The molecule has 3 nitrogen and oxygen atoms in total. The molecule has 0 bridgehead atoms. The van der Waals surface area contributed by atoms with Crippen molar-refractivity contribution in [3.05, 3.63) is 18.2 Å². The van der Waals surface area contributed by atoms with Gasteiger partial charge in [-0.15, -0.1) is 0 Å². The second-order valence-electron chi connectivity index (χ2n) is 3.28. The molecule has 1 aromatic rings. The third-order valence-electron chi connectivity index (χ3n) is 1.98. The molecule has 0 saturated carbocycles. The largest absolute Gasteiger partial charge is 0.329 e. The second kappa shape index (κ2) is 4.50. The Balaban J connectivity index is 2.70. The fraction of sp³-hybridized carbons (Fsp3) is 0.667. The van der Waals surface area contributed by atoms with E-state index in [2.05, 4.69) is 4.98 Å². The Morgan fingerprint density at radius 3 is 2.86 bits per heavy atom. The molecule has 0 aromatic carbocycles. The first kappa shape index (κ1) is 11.1. The number of nitrogens with zero attached hydrogens (tertiary/aromatic N) is 2. The highest BCUT2D eigenvalue weighted by atomic mass is 19.3. The van der Waals surface area contributed by atoms with Gasteiger partial charge in [-0.05, 0) is 6.42 Å². The summed E-state index contributed by atoms with van der Waals surface area (Å²) in [7, 11) is 0. The molecule has 0 atom stereocenters. The van der Waals surface area contributed by atoms with Crippen molar-refractivity contribution in [3.8, 4) is 0 Å². The van der Waals surface area contributed by atoms with E-state index in [0.29, 0.717) is 12.2 Å². The number of imidazole rings is 1. The Hall–Kier alpha value is -0.970. The maximum Gasteiger partial charge on any atom is 0.277 e. The van der Waals surface area contributed by atoms with Gasteiger partial charge >= 0.3 is 0 Å². The van der Waals surface area contributed by atoms with E-state index in [9.17, 15) is 8.78 Å². The molecular formula is C9H15F2N3. The van der Waals surface area contributed by atoms with Crippen molar-refractivity contribution < 1.29 is 8.78 Å². The Kier molecular flexibility index (Phi) is 3.57. The van der Waals surface area contributed by atoms with Crippen molar-refractivity contribution in [2.75, 3.05) is 6.54 Å². The number of hydrogen-bond donors (Lipinski definition) is 1. The van der Waals surface area contributed by atoms with E-state index in [1.807, 2.05) is 6.92 Å². The number of hydrogen-bond acceptors (Lipinski definition) is 2. The van der Waals surface area contributed by atoms with Gasteiger partial charge in [0.1, 0.15) is 5.82 Å². The molecule has 1 rings (SSSR count). The number of aromatic nitrogens is 2. The fourth-order valence-electron chi connectivity index (χ4n) is 1.25. The lowest BCUT2D eigenvalue weighted by Crippen LogP contribution is -2.33. The molecule has 0 aliphatic carbocycles. The van der Waals surface area contributed by atoms with Crippen molar-refractivity contribution in [1.29, 1.82) is 0 Å². The number of alkyl halides is 2. The van der Waals surface area contributed by atoms with Crippen LogP contribution in [0, 0.1) is 0 Å². The predicted octanol–water partition coefficient (Wildman–Crippen LogP) is 1.43. The van der Waals surface area contributed by atoms with Gasteiger partial charge in [-0.25, -0.2) is 13.8 Å². The van der Waals surface area contributed by atoms with Crippen molar-refractivity contribution >= 4 is 0 Å². The Morgan fingerprint density at radius 1 is 1.57 bits per heavy atom. The summed E-state index contributed by atoms with van der Waals surface area (Å²) in [6.07, 6.45) is 4.71. The van der Waals surface area contributed by atoms with E-state index in [1.54, 1.807) is 6.20 Å². The maximum absolute atomic E-state index is 13.0. The van der Waals surface area contributed by atoms with Crippen LogP contribution in [0.25, 0.3) is 0 Å². The molecule has 0 unspecified atom stereocenters. The standard InChI is InChI=1S/C9H15F2N3/c1-2-3-8-13-4-5-14(8)7-9(10,11)6-12/h4-5H,2-3,6-7,12H2,1H3. The average molecular weight is 203 g/mol. The molecular weight excluding hydrogens is 188 g/mol. The van der Waals surface area contributed by atoms with Gasteiger partial charge < -0.3 is 10.3 Å². The lowest BCUT2D eigenvalue weighted by Gasteiger charge is -2.15. The Bertz CT molecular complexity index is 283. The van der Waals surface area contributed by atoms with Crippen LogP contribution in [0.4, 0.5) is 8.78 Å². The summed E-state index contributed by atoms with van der Waals surface area (Å²) < 4.78 is 27.4. The molecule has 0 saturated heterocycles. The van der Waals surface area contributed by atoms with Gasteiger partial charge in [0.2, 0.25) is 0 Å². The van der Waals surface area contributed by atoms with Crippen molar-refractivity contribution in [1.82, 2.24) is 9.55 Å². The van der Waals surface area contributed by atoms with Crippen molar-refractivity contribution in [3.63, 3.8) is 0 Å². The minimum Gasteiger partial charge on any atom is -0.329 e. The summed E-state index contributed by atoms with van der Waals surface area (Å²) in [6.45, 7) is 0.982. The van der Waals surface area contributed by atoms with E-state index in [0.717, 1.165) is 6.42 Å². The molecule has 1 aromatic heterocycles. The molecule has 0 fully saturated rings. The van der Waals surface area contributed by atoms with Crippen LogP contribution in [-0.2, 0) is 13.0 Å². The van der Waals surface area contributed by atoms with Gasteiger partial charge in [-0.1, -0.05) is 6.92 Å². The van der Waals surface area contributed by atoms with Gasteiger partial charge in [0.15, 0.2) is 0 Å². The highest BCUT2D eigenvalue weighted by molar-refractivity contribution is 4.93. The van der Waals surface area contributed by atoms with Crippen molar-refractivity contribution in [2.45, 2.75) is 32.2 Å². The lowest BCUT2D eigenvalue weighted by atomic mass is 10.3. The van der Waals surface area contributed by atoms with Gasteiger partial charge in [0.05, 0.1) is 13.1 Å². The number of halogens is 2. The summed E-state index contributed by atoms with van der Waals surface area (Å²) in [6, 6.07) is 0. The summed E-state index contributed by atoms with van der Waals surface area (Å²) in [5.41, 5.74) is 4.96. The van der Waals surface area contributed by atoms with Gasteiger partial charge in [-0.2, -0.15) is 0 Å². The first-order chi connectivity index (χ1) is 6.59. The van der Waals surface area contributed by atoms with Crippen molar-refractivity contribution in [2.24, 2.45) is 5.73 Å². The highest BCUT2D eigenvalue weighted by Crippen LogP contribution is 2.15. The van der Waals surface area contributed by atoms with E-state index in [4.69, 9.17) is 5.73 Å². The predicted molar refractivity (Wildman–Crippen MR) is 50.2 cm³/mol. The number of rotatable bonds is 5. The molecule has 0 radical (unpaired) electrons. The zero-order valence-electron chi connectivity index (χ0n) is 8.21.